The van der Waals surface area contributed by atoms with Gasteiger partial charge in [0.05, 0.1) is 11.1 Å². The molecule has 42 heavy (non-hydrogen) atoms. The van der Waals surface area contributed by atoms with E-state index in [0.717, 1.165) is 10.6 Å². The van der Waals surface area contributed by atoms with E-state index in [2.05, 4.69) is 15.5 Å². The molecule has 3 atom stereocenters. The van der Waals surface area contributed by atoms with Gasteiger partial charge in [0.25, 0.3) is 5.91 Å². The number of carbonyl (C=O) groups excluding carboxylic acids is 2. The first kappa shape index (κ1) is 28.7. The minimum Gasteiger partial charge on any atom is -0.481 e. The summed E-state index contributed by atoms with van der Waals surface area (Å²) in [5.41, 5.74) is 1.70. The lowest BCUT2D eigenvalue weighted by Crippen LogP contribution is -2.51. The highest BCUT2D eigenvalue weighted by molar-refractivity contribution is 6.01. The van der Waals surface area contributed by atoms with E-state index in [1.165, 1.54) is 41.2 Å². The highest BCUT2D eigenvalue weighted by Gasteiger charge is 2.43. The van der Waals surface area contributed by atoms with Crippen molar-refractivity contribution in [3.8, 4) is 11.1 Å². The van der Waals surface area contributed by atoms with Crippen LogP contribution in [0, 0.1) is 37.2 Å². The zero-order valence-electron chi connectivity index (χ0n) is 22.9. The van der Waals surface area contributed by atoms with Crippen molar-refractivity contribution in [3.05, 3.63) is 88.6 Å². The van der Waals surface area contributed by atoms with Crippen LogP contribution in [0.2, 0.25) is 0 Å². The van der Waals surface area contributed by atoms with Gasteiger partial charge in [-0.25, -0.2) is 18.0 Å². The van der Waals surface area contributed by atoms with Gasteiger partial charge in [-0.2, -0.15) is 4.58 Å². The van der Waals surface area contributed by atoms with Crippen LogP contribution in [0.4, 0.5) is 13.2 Å². The third kappa shape index (κ3) is 5.39. The average molecular weight is 579 g/mol. The van der Waals surface area contributed by atoms with E-state index in [1.54, 1.807) is 33.0 Å². The average Bonchev–Trinajstić information content (AvgIpc) is 3.39. The number of carboxylic acid groups (broad SMARTS) is 1. The van der Waals surface area contributed by atoms with Crippen LogP contribution in [0.3, 0.4) is 0 Å². The predicted octanol–water partition coefficient (Wildman–Crippen LogP) is 4.39. The summed E-state index contributed by atoms with van der Waals surface area (Å²) >= 11 is 0. The van der Waals surface area contributed by atoms with E-state index >= 15 is 8.78 Å². The van der Waals surface area contributed by atoms with E-state index in [4.69, 9.17) is 0 Å². The van der Waals surface area contributed by atoms with Gasteiger partial charge in [-0.05, 0) is 78.9 Å². The lowest BCUT2D eigenvalue weighted by molar-refractivity contribution is -0.497. The fourth-order valence-corrected chi connectivity index (χ4v) is 5.59. The monoisotopic (exact) mass is 578 g/mol. The fourth-order valence-electron chi connectivity index (χ4n) is 5.59. The van der Waals surface area contributed by atoms with Crippen molar-refractivity contribution in [2.24, 2.45) is 5.92 Å². The highest BCUT2D eigenvalue weighted by atomic mass is 19.2. The number of rotatable bonds is 7. The van der Waals surface area contributed by atoms with Crippen LogP contribution < -0.4 is 5.32 Å². The van der Waals surface area contributed by atoms with Gasteiger partial charge in [-0.3, -0.25) is 14.0 Å². The predicted molar refractivity (Wildman–Crippen MR) is 146 cm³/mol. The Kier molecular flexibility index (Phi) is 7.63. The van der Waals surface area contributed by atoms with Crippen LogP contribution in [0.15, 0.2) is 48.9 Å². The summed E-state index contributed by atoms with van der Waals surface area (Å²) in [7, 11) is 0. The summed E-state index contributed by atoms with van der Waals surface area (Å²) in [4.78, 5) is 38.9. The first-order chi connectivity index (χ1) is 19.9. The number of amides is 2. The number of nitrogens with zero attached hydrogens (tertiary/aromatic N) is 4. The molecule has 0 aliphatic carbocycles. The molecule has 0 fully saturated rings. The standard InChI is InChI=1S/C30H26F3N5O4/c1-15-7-23(35-29(41)20-5-4-6-37-14-34-36-28(20)37)30(42)38(13-15)24(12-25(39)40)21-10-18(11-22(32)27(21)33)26-16(2)8-19(31)9-17(26)3/h4-6,8-11,13-15,23-24H,7,12H2,1-3H3,(H-,35,39,40,41)/p+1/t15?,23-,24?/m0/s1. The van der Waals surface area contributed by atoms with Crippen LogP contribution >= 0.6 is 0 Å². The zero-order valence-corrected chi connectivity index (χ0v) is 22.9. The van der Waals surface area contributed by atoms with Crippen molar-refractivity contribution in [2.45, 2.75) is 45.7 Å². The van der Waals surface area contributed by atoms with Gasteiger partial charge in [0.15, 0.2) is 35.6 Å². The quantitative estimate of drug-likeness (QED) is 0.314. The molecule has 12 heteroatoms. The minimum absolute atomic E-state index is 0.171. The number of halogens is 3. The largest absolute Gasteiger partial charge is 0.481 e. The van der Waals surface area contributed by atoms with Crippen LogP contribution in [-0.4, -0.2) is 54.3 Å². The van der Waals surface area contributed by atoms with Crippen LogP contribution in [0.25, 0.3) is 16.8 Å². The summed E-state index contributed by atoms with van der Waals surface area (Å²) in [5.74, 6) is -6.01. The molecule has 1 aliphatic rings. The molecule has 0 bridgehead atoms. The number of hydrogen-bond acceptors (Lipinski definition) is 5. The molecule has 2 amide bonds. The second kappa shape index (κ2) is 11.2. The highest BCUT2D eigenvalue weighted by Crippen LogP contribution is 2.35. The maximum absolute atomic E-state index is 15.4. The van der Waals surface area contributed by atoms with Gasteiger partial charge in [0.1, 0.15) is 18.6 Å². The molecule has 4 aromatic rings. The third-order valence-electron chi connectivity index (χ3n) is 7.35. The summed E-state index contributed by atoms with van der Waals surface area (Å²) in [6.07, 6.45) is 4.00. The summed E-state index contributed by atoms with van der Waals surface area (Å²) < 4.78 is 47.0. The second-order valence-electron chi connectivity index (χ2n) is 10.5. The Balaban J connectivity index is 1.54. The van der Waals surface area contributed by atoms with Crippen LogP contribution in [0.1, 0.15) is 52.9 Å². The molecule has 1 aliphatic heterocycles. The minimum atomic E-state index is -1.44. The van der Waals surface area contributed by atoms with E-state index in [0.29, 0.717) is 16.7 Å². The molecule has 216 valence electrons. The molecule has 2 aromatic heterocycles. The van der Waals surface area contributed by atoms with Crippen molar-refractivity contribution in [2.75, 3.05) is 0 Å². The molecule has 3 heterocycles. The Morgan fingerprint density at radius 3 is 2.57 bits per heavy atom. The van der Waals surface area contributed by atoms with Crippen LogP contribution in [-0.2, 0) is 9.59 Å². The summed E-state index contributed by atoms with van der Waals surface area (Å²) in [6, 6.07) is 5.39. The van der Waals surface area contributed by atoms with Crippen molar-refractivity contribution < 1.29 is 37.2 Å². The van der Waals surface area contributed by atoms with E-state index in [9.17, 15) is 23.9 Å². The first-order valence-electron chi connectivity index (χ1n) is 13.2. The lowest BCUT2D eigenvalue weighted by Gasteiger charge is -2.25. The number of fused-ring (bicyclic) bond motifs is 1. The molecule has 2 N–H and O–H groups in total. The maximum Gasteiger partial charge on any atom is 0.409 e. The van der Waals surface area contributed by atoms with Gasteiger partial charge in [-0.15, -0.1) is 10.2 Å². The number of hydrogen-bond donors (Lipinski definition) is 2. The molecule has 0 radical (unpaired) electrons. The first-order valence-corrected chi connectivity index (χ1v) is 13.2. The third-order valence-corrected chi connectivity index (χ3v) is 7.35. The SMILES string of the molecule is Cc1cc(F)cc(C)c1-c1cc(F)c(F)c(C(CC(=O)O)[N+]2=CC(C)C[C@H](NC(=O)c3cccn4cnnc34)C2=O)c1. The molecule has 2 unspecified atom stereocenters. The summed E-state index contributed by atoms with van der Waals surface area (Å²) in [6.45, 7) is 5.00. The number of benzene rings is 2. The molecule has 5 rings (SSSR count). The lowest BCUT2D eigenvalue weighted by atomic mass is 9.90. The van der Waals surface area contributed by atoms with Crippen molar-refractivity contribution >= 4 is 29.6 Å². The van der Waals surface area contributed by atoms with Gasteiger partial charge in [0, 0.05) is 12.1 Å². The molecule has 9 nitrogen and oxygen atoms in total. The maximum atomic E-state index is 15.4. The molecule has 0 saturated heterocycles. The van der Waals surface area contributed by atoms with E-state index < -0.39 is 53.7 Å². The van der Waals surface area contributed by atoms with Crippen LogP contribution in [0.5, 0.6) is 0 Å². The smallest absolute Gasteiger partial charge is 0.409 e. The fraction of sp³-hybridized carbons (Fsp3) is 0.267. The Labute approximate surface area is 238 Å². The number of pyridine rings is 1. The normalized spacial score (nSPS) is 17.7. The van der Waals surface area contributed by atoms with Gasteiger partial charge >= 0.3 is 11.9 Å². The number of aromatic nitrogens is 3. The van der Waals surface area contributed by atoms with Gasteiger partial charge in [-0.1, -0.05) is 6.92 Å². The summed E-state index contributed by atoms with van der Waals surface area (Å²) in [5, 5.41) is 20.2. The molecule has 0 spiro atoms. The topological polar surface area (TPSA) is 117 Å². The van der Waals surface area contributed by atoms with E-state index in [1.807, 2.05) is 0 Å². The molecule has 2 aromatic carbocycles. The van der Waals surface area contributed by atoms with Gasteiger partial charge in [0.2, 0.25) is 0 Å². The Hall–Kier alpha value is -4.87. The number of carboxylic acids is 1. The Morgan fingerprint density at radius 1 is 1.17 bits per heavy atom. The van der Waals surface area contributed by atoms with Crippen molar-refractivity contribution in [3.63, 3.8) is 0 Å². The second-order valence-corrected chi connectivity index (χ2v) is 10.5. The molecule has 0 saturated carbocycles. The Bertz CT molecular complexity index is 1760. The van der Waals surface area contributed by atoms with Crippen molar-refractivity contribution in [1.82, 2.24) is 19.9 Å². The molecular weight excluding hydrogens is 551 g/mol. The number of nitrogens with one attached hydrogen (secondary N) is 1. The number of carbonyl (C=O) groups is 3. The van der Waals surface area contributed by atoms with E-state index in [-0.39, 0.29) is 34.7 Å². The molecular formula is C30H27F3N5O4+. The van der Waals surface area contributed by atoms with Crippen molar-refractivity contribution in [1.29, 1.82) is 0 Å². The number of aryl methyl sites for hydroxylation is 2. The zero-order chi connectivity index (χ0) is 30.3. The Morgan fingerprint density at radius 2 is 1.88 bits per heavy atom. The van der Waals surface area contributed by atoms with Gasteiger partial charge < -0.3 is 10.4 Å². The number of aliphatic carboxylic acids is 1.